The molecule has 37 heavy (non-hydrogen) atoms. The van der Waals surface area contributed by atoms with Gasteiger partial charge in [-0.25, -0.2) is 9.78 Å². The van der Waals surface area contributed by atoms with Crippen molar-refractivity contribution in [1.29, 1.82) is 0 Å². The van der Waals surface area contributed by atoms with E-state index in [-0.39, 0.29) is 6.42 Å². The van der Waals surface area contributed by atoms with Gasteiger partial charge in [-0.3, -0.25) is 24.3 Å². The highest BCUT2D eigenvalue weighted by Crippen LogP contribution is 2.19. The second-order valence-corrected chi connectivity index (χ2v) is 9.12. The number of rotatable bonds is 12. The molecule has 0 spiro atoms. The molecule has 0 fully saturated rings. The molecule has 2 amide bonds. The summed E-state index contributed by atoms with van der Waals surface area (Å²) in [5, 5.41) is 14.2. The lowest BCUT2D eigenvalue weighted by Gasteiger charge is -2.16. The fraction of sp³-hybridized carbons (Fsp3) is 0.333. The van der Waals surface area contributed by atoms with Crippen LogP contribution in [0.4, 0.5) is 0 Å². The lowest BCUT2D eigenvalue weighted by atomic mass is 10.0. The van der Waals surface area contributed by atoms with Gasteiger partial charge in [0.1, 0.15) is 17.3 Å². The number of hydrogen-bond donors (Lipinski definition) is 1. The van der Waals surface area contributed by atoms with Gasteiger partial charge in [0.25, 0.3) is 5.56 Å². The first kappa shape index (κ1) is 27.7. The van der Waals surface area contributed by atoms with E-state index in [0.717, 1.165) is 24.8 Å². The molecule has 0 saturated carbocycles. The molecule has 194 valence electrons. The Labute approximate surface area is 219 Å². The maximum atomic E-state index is 13.0. The van der Waals surface area contributed by atoms with Crippen molar-refractivity contribution < 1.29 is 14.5 Å². The van der Waals surface area contributed by atoms with Gasteiger partial charge in [-0.15, -0.1) is 0 Å². The SMILES string of the molecule is CCCCCc1nc(-c2ccc(Cl)cc2)cc(=O)n1CC(=O)NC(CCc1ccccc1)C(=O)[N+](=O)[O-]. The van der Waals surface area contributed by atoms with Gasteiger partial charge in [-0.05, 0) is 37.0 Å². The van der Waals surface area contributed by atoms with Crippen molar-refractivity contribution in [3.8, 4) is 11.3 Å². The molecule has 2 aromatic carbocycles. The number of amides is 2. The Morgan fingerprint density at radius 2 is 1.78 bits per heavy atom. The standard InChI is InChI=1S/C27H29ClN4O5/c1-2-3-5-10-24-29-23(20-12-14-21(28)15-13-20)17-26(34)31(24)18-25(33)30-22(27(35)32(36)37)16-11-19-8-6-4-7-9-19/h4,6-9,12-15,17,22H,2-3,5,10-11,16,18H2,1H3,(H,30,33). The maximum absolute atomic E-state index is 13.0. The van der Waals surface area contributed by atoms with Gasteiger partial charge in [-0.1, -0.05) is 73.8 Å². The van der Waals surface area contributed by atoms with E-state index < -0.39 is 34.9 Å². The van der Waals surface area contributed by atoms with Gasteiger partial charge < -0.3 is 5.32 Å². The zero-order chi connectivity index (χ0) is 26.8. The molecule has 9 nitrogen and oxygen atoms in total. The Kier molecular flexibility index (Phi) is 10.1. The van der Waals surface area contributed by atoms with Gasteiger partial charge in [0.2, 0.25) is 5.91 Å². The first-order chi connectivity index (χ1) is 17.8. The summed E-state index contributed by atoms with van der Waals surface area (Å²) in [6, 6.07) is 16.1. The average molecular weight is 525 g/mol. The molecule has 3 aromatic rings. The average Bonchev–Trinajstić information content (AvgIpc) is 2.89. The minimum absolute atomic E-state index is 0.0571. The van der Waals surface area contributed by atoms with E-state index in [9.17, 15) is 24.5 Å². The molecule has 1 aromatic heterocycles. The number of carbonyl (C=O) groups is 2. The maximum Gasteiger partial charge on any atom is 0.466 e. The number of aromatic nitrogens is 2. The quantitative estimate of drug-likeness (QED) is 0.215. The summed E-state index contributed by atoms with van der Waals surface area (Å²) < 4.78 is 1.26. The van der Waals surface area contributed by atoms with Gasteiger partial charge in [0.15, 0.2) is 6.04 Å². The number of nitrogens with zero attached hydrogens (tertiary/aromatic N) is 3. The first-order valence-electron chi connectivity index (χ1n) is 12.2. The summed E-state index contributed by atoms with van der Waals surface area (Å²) >= 11 is 5.97. The Morgan fingerprint density at radius 1 is 1.08 bits per heavy atom. The van der Waals surface area contributed by atoms with Crippen LogP contribution in [-0.4, -0.2) is 32.3 Å². The van der Waals surface area contributed by atoms with E-state index in [4.69, 9.17) is 11.6 Å². The van der Waals surface area contributed by atoms with Crippen LogP contribution in [-0.2, 0) is 29.0 Å². The third-order valence-corrected chi connectivity index (χ3v) is 6.16. The van der Waals surface area contributed by atoms with Crippen LogP contribution in [0.15, 0.2) is 65.5 Å². The van der Waals surface area contributed by atoms with E-state index in [1.807, 2.05) is 30.3 Å². The molecule has 10 heteroatoms. The number of aryl methyl sites for hydroxylation is 2. The van der Waals surface area contributed by atoms with Crippen molar-refractivity contribution in [2.24, 2.45) is 0 Å². The normalized spacial score (nSPS) is 11.6. The van der Waals surface area contributed by atoms with E-state index in [1.54, 1.807) is 24.3 Å². The smallest absolute Gasteiger partial charge is 0.338 e. The Morgan fingerprint density at radius 3 is 2.43 bits per heavy atom. The predicted octanol–water partition coefficient (Wildman–Crippen LogP) is 4.22. The predicted molar refractivity (Wildman–Crippen MR) is 141 cm³/mol. The van der Waals surface area contributed by atoms with Gasteiger partial charge >= 0.3 is 5.91 Å². The number of hydrogen-bond acceptors (Lipinski definition) is 6. The molecule has 1 atom stereocenters. The summed E-state index contributed by atoms with van der Waals surface area (Å²) in [4.78, 5) is 52.9. The van der Waals surface area contributed by atoms with E-state index in [1.165, 1.54) is 10.6 Å². The monoisotopic (exact) mass is 524 g/mol. The fourth-order valence-corrected chi connectivity index (χ4v) is 4.07. The molecule has 1 N–H and O–H groups in total. The van der Waals surface area contributed by atoms with Crippen LogP contribution in [0.3, 0.4) is 0 Å². The molecular formula is C27H29ClN4O5. The minimum Gasteiger partial charge on any atom is -0.338 e. The molecule has 3 rings (SSSR count). The lowest BCUT2D eigenvalue weighted by molar-refractivity contribution is -0.404. The topological polar surface area (TPSA) is 124 Å². The van der Waals surface area contributed by atoms with Crippen LogP contribution in [0, 0.1) is 10.1 Å². The number of carbonyl (C=O) groups excluding carboxylic acids is 2. The Hall–Kier alpha value is -3.85. The number of unbranched alkanes of at least 4 members (excludes halogenated alkanes) is 2. The van der Waals surface area contributed by atoms with Gasteiger partial charge in [0.05, 0.1) is 5.69 Å². The summed E-state index contributed by atoms with van der Waals surface area (Å²) in [7, 11) is 0. The van der Waals surface area contributed by atoms with Crippen LogP contribution in [0.25, 0.3) is 11.3 Å². The summed E-state index contributed by atoms with van der Waals surface area (Å²) in [5.74, 6) is -1.54. The third-order valence-electron chi connectivity index (χ3n) is 5.91. The van der Waals surface area contributed by atoms with Crippen molar-refractivity contribution in [3.63, 3.8) is 0 Å². The van der Waals surface area contributed by atoms with Crippen molar-refractivity contribution in [3.05, 3.63) is 97.5 Å². The van der Waals surface area contributed by atoms with Crippen LogP contribution in [0.1, 0.15) is 44.0 Å². The number of nitro groups is 1. The molecule has 0 saturated heterocycles. The van der Waals surface area contributed by atoms with Crippen LogP contribution < -0.4 is 10.9 Å². The van der Waals surface area contributed by atoms with E-state index in [0.29, 0.717) is 34.9 Å². The molecule has 1 unspecified atom stereocenters. The molecule has 0 aliphatic carbocycles. The first-order valence-corrected chi connectivity index (χ1v) is 12.5. The van der Waals surface area contributed by atoms with Crippen molar-refractivity contribution in [1.82, 2.24) is 14.9 Å². The zero-order valence-corrected chi connectivity index (χ0v) is 21.3. The zero-order valence-electron chi connectivity index (χ0n) is 20.6. The van der Waals surface area contributed by atoms with Crippen molar-refractivity contribution >= 4 is 23.4 Å². The Bertz CT molecular complexity index is 1290. The molecule has 1 heterocycles. The van der Waals surface area contributed by atoms with Crippen molar-refractivity contribution in [2.45, 2.75) is 58.0 Å². The Balaban J connectivity index is 1.82. The highest BCUT2D eigenvalue weighted by Gasteiger charge is 2.30. The lowest BCUT2D eigenvalue weighted by Crippen LogP contribution is -2.46. The van der Waals surface area contributed by atoms with Crippen LogP contribution in [0.5, 0.6) is 0 Å². The molecule has 0 aliphatic rings. The van der Waals surface area contributed by atoms with Gasteiger partial charge in [0, 0.05) is 23.1 Å². The second-order valence-electron chi connectivity index (χ2n) is 8.69. The summed E-state index contributed by atoms with van der Waals surface area (Å²) in [6.07, 6.45) is 3.56. The largest absolute Gasteiger partial charge is 0.466 e. The van der Waals surface area contributed by atoms with E-state index >= 15 is 0 Å². The summed E-state index contributed by atoms with van der Waals surface area (Å²) in [5.41, 5.74) is 1.64. The van der Waals surface area contributed by atoms with E-state index in [2.05, 4.69) is 17.2 Å². The van der Waals surface area contributed by atoms with Gasteiger partial charge in [-0.2, -0.15) is 0 Å². The molecule has 0 aliphatic heterocycles. The number of nitrogens with one attached hydrogen (secondary N) is 1. The highest BCUT2D eigenvalue weighted by atomic mass is 35.5. The van der Waals surface area contributed by atoms with Crippen molar-refractivity contribution in [2.75, 3.05) is 0 Å². The fourth-order valence-electron chi connectivity index (χ4n) is 3.94. The molecular weight excluding hydrogens is 496 g/mol. The van der Waals surface area contributed by atoms with Crippen LogP contribution in [0.2, 0.25) is 5.02 Å². The minimum atomic E-state index is -1.32. The highest BCUT2D eigenvalue weighted by molar-refractivity contribution is 6.30. The number of halogens is 1. The summed E-state index contributed by atoms with van der Waals surface area (Å²) in [6.45, 7) is 1.65. The second kappa shape index (κ2) is 13.5. The third kappa shape index (κ3) is 8.08. The van der Waals surface area contributed by atoms with Crippen LogP contribution >= 0.6 is 11.6 Å². The molecule has 0 bridgehead atoms. The number of benzene rings is 2. The molecule has 0 radical (unpaired) electrons.